The van der Waals surface area contributed by atoms with Crippen molar-refractivity contribution in [2.24, 2.45) is 0 Å². The predicted octanol–water partition coefficient (Wildman–Crippen LogP) is 0.214. The molecule has 1 amide bonds. The molecule has 0 saturated carbocycles. The lowest BCUT2D eigenvalue weighted by Gasteiger charge is -2.08. The van der Waals surface area contributed by atoms with E-state index in [1.54, 1.807) is 0 Å². The molecule has 0 aliphatic heterocycles. The van der Waals surface area contributed by atoms with Crippen LogP contribution in [0.25, 0.3) is 0 Å². The molecular formula is C7H13F3N2O4S. The van der Waals surface area contributed by atoms with E-state index < -0.39 is 28.9 Å². The number of nitrogens with one attached hydrogen (secondary N) is 2. The van der Waals surface area contributed by atoms with Crippen molar-refractivity contribution < 1.29 is 31.1 Å². The van der Waals surface area contributed by atoms with E-state index in [2.05, 4.69) is 9.46 Å². The fourth-order valence-corrected chi connectivity index (χ4v) is 1.25. The molecule has 0 spiro atoms. The molecule has 102 valence electrons. The molecule has 10 heteroatoms. The Hall–Kier alpha value is -1.03. The molecule has 0 radical (unpaired) electrons. The van der Waals surface area contributed by atoms with Gasteiger partial charge in [0, 0.05) is 13.1 Å². The van der Waals surface area contributed by atoms with Crippen molar-refractivity contribution in [3.05, 3.63) is 0 Å². The van der Waals surface area contributed by atoms with Gasteiger partial charge in [0.2, 0.25) is 10.0 Å². The zero-order chi connectivity index (χ0) is 13.5. The molecule has 0 unspecified atom stereocenters. The number of halogens is 3. The number of rotatable bonds is 6. The normalized spacial score (nSPS) is 12.2. The van der Waals surface area contributed by atoms with Crippen LogP contribution >= 0.6 is 0 Å². The lowest BCUT2D eigenvalue weighted by Crippen LogP contribution is -2.31. The summed E-state index contributed by atoms with van der Waals surface area (Å²) in [7, 11) is -3.30. The number of carbonyl (C=O) groups is 1. The van der Waals surface area contributed by atoms with E-state index >= 15 is 0 Å². The fraction of sp³-hybridized carbons (Fsp3) is 0.857. The fourth-order valence-electron chi connectivity index (χ4n) is 0.735. The highest BCUT2D eigenvalue weighted by molar-refractivity contribution is 7.88. The second-order valence-corrected chi connectivity index (χ2v) is 4.97. The minimum atomic E-state index is -4.56. The number of hydrogen-bond acceptors (Lipinski definition) is 4. The number of amides is 1. The molecular weight excluding hydrogens is 265 g/mol. The van der Waals surface area contributed by atoms with Gasteiger partial charge in [0.1, 0.15) is 0 Å². The molecule has 0 aliphatic rings. The predicted molar refractivity (Wildman–Crippen MR) is 52.9 cm³/mol. The van der Waals surface area contributed by atoms with Crippen LogP contribution in [-0.4, -0.2) is 46.6 Å². The SMILES string of the molecule is CS(=O)(=O)NCCCNC(=O)OCC(F)(F)F. The van der Waals surface area contributed by atoms with E-state index in [-0.39, 0.29) is 19.5 Å². The summed E-state index contributed by atoms with van der Waals surface area (Å²) >= 11 is 0. The van der Waals surface area contributed by atoms with E-state index in [9.17, 15) is 26.4 Å². The van der Waals surface area contributed by atoms with Crippen molar-refractivity contribution in [3.63, 3.8) is 0 Å². The van der Waals surface area contributed by atoms with Crippen molar-refractivity contribution in [2.75, 3.05) is 26.0 Å². The Morgan fingerprint density at radius 3 is 2.35 bits per heavy atom. The first kappa shape index (κ1) is 16.0. The summed E-state index contributed by atoms with van der Waals surface area (Å²) in [6.45, 7) is -1.56. The van der Waals surface area contributed by atoms with E-state index in [1.165, 1.54) is 0 Å². The van der Waals surface area contributed by atoms with Crippen LogP contribution in [0.2, 0.25) is 0 Å². The Morgan fingerprint density at radius 2 is 1.88 bits per heavy atom. The van der Waals surface area contributed by atoms with Gasteiger partial charge >= 0.3 is 12.3 Å². The molecule has 0 aromatic heterocycles. The third-order valence-electron chi connectivity index (χ3n) is 1.35. The summed E-state index contributed by atoms with van der Waals surface area (Å²) in [6, 6.07) is 0. The van der Waals surface area contributed by atoms with Gasteiger partial charge in [-0.2, -0.15) is 13.2 Å². The maximum atomic E-state index is 11.6. The first-order valence-electron chi connectivity index (χ1n) is 4.52. The van der Waals surface area contributed by atoms with Crippen molar-refractivity contribution >= 4 is 16.1 Å². The van der Waals surface area contributed by atoms with Crippen LogP contribution < -0.4 is 10.0 Å². The average molecular weight is 278 g/mol. The number of sulfonamides is 1. The van der Waals surface area contributed by atoms with E-state index in [0.717, 1.165) is 6.26 Å². The third-order valence-corrected chi connectivity index (χ3v) is 2.08. The number of ether oxygens (including phenoxy) is 1. The molecule has 0 saturated heterocycles. The lowest BCUT2D eigenvalue weighted by molar-refractivity contribution is -0.160. The van der Waals surface area contributed by atoms with Gasteiger partial charge in [-0.1, -0.05) is 0 Å². The molecule has 0 rings (SSSR count). The van der Waals surface area contributed by atoms with Gasteiger partial charge in [0.05, 0.1) is 6.26 Å². The quantitative estimate of drug-likeness (QED) is 0.680. The minimum Gasteiger partial charge on any atom is -0.440 e. The van der Waals surface area contributed by atoms with Crippen LogP contribution in [0.5, 0.6) is 0 Å². The van der Waals surface area contributed by atoms with Gasteiger partial charge in [0.15, 0.2) is 6.61 Å². The van der Waals surface area contributed by atoms with Gasteiger partial charge in [-0.25, -0.2) is 17.9 Å². The first-order valence-corrected chi connectivity index (χ1v) is 6.41. The maximum absolute atomic E-state index is 11.6. The monoisotopic (exact) mass is 278 g/mol. The third kappa shape index (κ3) is 12.9. The van der Waals surface area contributed by atoms with Gasteiger partial charge in [-0.15, -0.1) is 0 Å². The summed E-state index contributed by atoms with van der Waals surface area (Å²) in [5.41, 5.74) is 0. The second-order valence-electron chi connectivity index (χ2n) is 3.14. The molecule has 17 heavy (non-hydrogen) atoms. The largest absolute Gasteiger partial charge is 0.440 e. The van der Waals surface area contributed by atoms with Crippen molar-refractivity contribution in [1.29, 1.82) is 0 Å². The molecule has 0 atom stereocenters. The van der Waals surface area contributed by atoms with Crippen molar-refractivity contribution in [2.45, 2.75) is 12.6 Å². The van der Waals surface area contributed by atoms with Crippen LogP contribution in [0.4, 0.5) is 18.0 Å². The zero-order valence-corrected chi connectivity index (χ0v) is 9.82. The van der Waals surface area contributed by atoms with Crippen LogP contribution in [0.3, 0.4) is 0 Å². The molecule has 0 fully saturated rings. The Labute approximate surface area is 96.6 Å². The molecule has 6 nitrogen and oxygen atoms in total. The molecule has 0 aliphatic carbocycles. The second kappa shape index (κ2) is 6.64. The summed E-state index contributed by atoms with van der Waals surface area (Å²) in [5, 5.41) is 2.05. The van der Waals surface area contributed by atoms with Gasteiger partial charge in [0.25, 0.3) is 0 Å². The van der Waals surface area contributed by atoms with E-state index in [1.807, 2.05) is 5.32 Å². The zero-order valence-electron chi connectivity index (χ0n) is 9.00. The number of carbonyl (C=O) groups excluding carboxylic acids is 1. The number of alkyl halides is 3. The topological polar surface area (TPSA) is 84.5 Å². The highest BCUT2D eigenvalue weighted by Crippen LogP contribution is 2.14. The molecule has 2 N–H and O–H groups in total. The minimum absolute atomic E-state index is 0.0131. The maximum Gasteiger partial charge on any atom is 0.422 e. The Balaban J connectivity index is 3.53. The highest BCUT2D eigenvalue weighted by Gasteiger charge is 2.29. The summed E-state index contributed by atoms with van der Waals surface area (Å²) in [5.74, 6) is 0. The summed E-state index contributed by atoms with van der Waals surface area (Å²) in [4.78, 5) is 10.7. The first-order chi connectivity index (χ1) is 7.60. The van der Waals surface area contributed by atoms with E-state index in [0.29, 0.717) is 0 Å². The number of alkyl carbamates (subject to hydrolysis) is 1. The standard InChI is InChI=1S/C7H13F3N2O4S/c1-17(14,15)12-4-2-3-11-6(13)16-5-7(8,9)10/h12H,2-5H2,1H3,(H,11,13). The summed E-state index contributed by atoms with van der Waals surface area (Å²) in [6.07, 6.45) is -4.54. The van der Waals surface area contributed by atoms with Gasteiger partial charge < -0.3 is 10.1 Å². The smallest absolute Gasteiger partial charge is 0.422 e. The molecule has 0 heterocycles. The Kier molecular flexibility index (Phi) is 6.24. The van der Waals surface area contributed by atoms with Crippen LogP contribution in [-0.2, 0) is 14.8 Å². The molecule has 0 bridgehead atoms. The van der Waals surface area contributed by atoms with Crippen molar-refractivity contribution in [3.8, 4) is 0 Å². The van der Waals surface area contributed by atoms with Crippen LogP contribution in [0.1, 0.15) is 6.42 Å². The Morgan fingerprint density at radius 1 is 1.29 bits per heavy atom. The van der Waals surface area contributed by atoms with Gasteiger partial charge in [-0.05, 0) is 6.42 Å². The van der Waals surface area contributed by atoms with E-state index in [4.69, 9.17) is 0 Å². The molecule has 0 aromatic rings. The molecule has 0 aromatic carbocycles. The number of hydrogen-bond donors (Lipinski definition) is 2. The van der Waals surface area contributed by atoms with Crippen molar-refractivity contribution in [1.82, 2.24) is 10.0 Å². The summed E-state index contributed by atoms with van der Waals surface area (Å²) < 4.78 is 62.0. The average Bonchev–Trinajstić information content (AvgIpc) is 2.11. The lowest BCUT2D eigenvalue weighted by atomic mass is 10.4. The van der Waals surface area contributed by atoms with Crippen LogP contribution in [0, 0.1) is 0 Å². The van der Waals surface area contributed by atoms with Gasteiger partial charge in [-0.3, -0.25) is 0 Å². The highest BCUT2D eigenvalue weighted by atomic mass is 32.2. The Bertz CT molecular complexity index is 342. The van der Waals surface area contributed by atoms with Crippen LogP contribution in [0.15, 0.2) is 0 Å².